The molecule has 3 aliphatic carbocycles. The summed E-state index contributed by atoms with van der Waals surface area (Å²) in [6.07, 6.45) is 1.84. The van der Waals surface area contributed by atoms with Gasteiger partial charge in [0.25, 0.3) is 0 Å². The Labute approximate surface area is 219 Å². The van der Waals surface area contributed by atoms with Gasteiger partial charge in [0.15, 0.2) is 5.65 Å². The van der Waals surface area contributed by atoms with Gasteiger partial charge in [0.2, 0.25) is 0 Å². The van der Waals surface area contributed by atoms with Crippen molar-refractivity contribution in [3.63, 3.8) is 0 Å². The Balaban J connectivity index is 1.31. The summed E-state index contributed by atoms with van der Waals surface area (Å²) in [6.45, 7) is 5.23. The van der Waals surface area contributed by atoms with Gasteiger partial charge in [-0.25, -0.2) is 19.9 Å². The van der Waals surface area contributed by atoms with Crippen LogP contribution in [0.4, 0.5) is 13.2 Å². The standard InChI is InChI=1S/C27H32F3N5O3/c1-15-16(2)32-24-21(31-15)22(25-12-26(13-25,14-25)27(28,29)30)33-23(34-24)17-6-8-38-19(10-17)18-4-5-20(36)35(11-18)7-9-37-3/h4-5,11,17,19-20,36H,6-10,12-14H2,1-3H3/t17-,19+,20?,25?,26?/m0/s1. The van der Waals surface area contributed by atoms with Crippen molar-refractivity contribution in [2.75, 3.05) is 26.9 Å². The van der Waals surface area contributed by atoms with Crippen LogP contribution in [0.2, 0.25) is 0 Å². The zero-order chi connectivity index (χ0) is 26.9. The minimum absolute atomic E-state index is 0.0437. The first kappa shape index (κ1) is 25.6. The lowest BCUT2D eigenvalue weighted by atomic mass is 9.34. The molecule has 1 N–H and O–H groups in total. The second kappa shape index (κ2) is 8.96. The van der Waals surface area contributed by atoms with E-state index in [4.69, 9.17) is 24.4 Å². The summed E-state index contributed by atoms with van der Waals surface area (Å²) in [5.74, 6) is 0.554. The van der Waals surface area contributed by atoms with E-state index in [1.54, 1.807) is 18.1 Å². The molecular weight excluding hydrogens is 499 g/mol. The van der Waals surface area contributed by atoms with E-state index in [1.165, 1.54) is 0 Å². The molecule has 204 valence electrons. The van der Waals surface area contributed by atoms with Crippen LogP contribution < -0.4 is 0 Å². The second-order valence-corrected chi connectivity index (χ2v) is 11.3. The molecule has 0 radical (unpaired) electrons. The van der Waals surface area contributed by atoms with Crippen LogP contribution in [-0.4, -0.2) is 75.3 Å². The van der Waals surface area contributed by atoms with Crippen LogP contribution in [0.3, 0.4) is 0 Å². The third-order valence-corrected chi connectivity index (χ3v) is 8.78. The number of methoxy groups -OCH3 is 1. The SMILES string of the molecule is COCCN1C=C([C@H]2C[C@@H](c3nc(C45CC(C(F)(F)F)(C4)C5)c4nc(C)c(C)nc4n3)CCO2)C=CC1O. The fourth-order valence-electron chi connectivity index (χ4n) is 6.49. The zero-order valence-corrected chi connectivity index (χ0v) is 21.8. The van der Waals surface area contributed by atoms with Crippen LogP contribution in [-0.2, 0) is 14.9 Å². The van der Waals surface area contributed by atoms with E-state index in [9.17, 15) is 18.3 Å². The predicted molar refractivity (Wildman–Crippen MR) is 132 cm³/mol. The van der Waals surface area contributed by atoms with E-state index >= 15 is 0 Å². The van der Waals surface area contributed by atoms with Gasteiger partial charge in [0.1, 0.15) is 17.6 Å². The Morgan fingerprint density at radius 3 is 2.58 bits per heavy atom. The quantitative estimate of drug-likeness (QED) is 0.598. The molecule has 3 saturated carbocycles. The smallest absolute Gasteiger partial charge is 0.383 e. The summed E-state index contributed by atoms with van der Waals surface area (Å²) in [7, 11) is 1.62. The van der Waals surface area contributed by atoms with Crippen LogP contribution in [0.25, 0.3) is 11.2 Å². The van der Waals surface area contributed by atoms with Crippen molar-refractivity contribution in [1.29, 1.82) is 0 Å². The number of ether oxygens (including phenoxy) is 2. The fourth-order valence-corrected chi connectivity index (χ4v) is 6.49. The van der Waals surface area contributed by atoms with Gasteiger partial charge in [0, 0.05) is 37.8 Å². The number of aliphatic hydroxyl groups is 1. The summed E-state index contributed by atoms with van der Waals surface area (Å²) in [5, 5.41) is 10.3. The molecule has 0 spiro atoms. The first-order valence-electron chi connectivity index (χ1n) is 13.1. The number of hydrogen-bond donors (Lipinski definition) is 1. The number of alkyl halides is 3. The molecule has 4 fully saturated rings. The highest BCUT2D eigenvalue weighted by Crippen LogP contribution is 2.78. The minimum atomic E-state index is -4.20. The lowest BCUT2D eigenvalue weighted by Crippen LogP contribution is -2.70. The highest BCUT2D eigenvalue weighted by atomic mass is 19.4. The third-order valence-electron chi connectivity index (χ3n) is 8.78. The molecule has 1 saturated heterocycles. The van der Waals surface area contributed by atoms with Gasteiger partial charge >= 0.3 is 6.18 Å². The van der Waals surface area contributed by atoms with Crippen molar-refractivity contribution < 1.29 is 27.8 Å². The van der Waals surface area contributed by atoms with Crippen LogP contribution in [0.15, 0.2) is 23.9 Å². The number of hydrogen-bond acceptors (Lipinski definition) is 8. The van der Waals surface area contributed by atoms with E-state index < -0.39 is 23.2 Å². The molecule has 2 bridgehead atoms. The van der Waals surface area contributed by atoms with Gasteiger partial charge in [-0.15, -0.1) is 0 Å². The lowest BCUT2D eigenvalue weighted by molar-refractivity contribution is -0.337. The van der Waals surface area contributed by atoms with Gasteiger partial charge in [0.05, 0.1) is 35.2 Å². The fraction of sp³-hybridized carbons (Fsp3) is 0.630. The van der Waals surface area contributed by atoms with Crippen molar-refractivity contribution in [1.82, 2.24) is 24.8 Å². The summed E-state index contributed by atoms with van der Waals surface area (Å²) in [6, 6.07) is 0. The monoisotopic (exact) mass is 531 g/mol. The number of aliphatic hydroxyl groups excluding tert-OH is 1. The molecule has 2 aromatic heterocycles. The maximum absolute atomic E-state index is 13.6. The van der Waals surface area contributed by atoms with E-state index in [-0.39, 0.29) is 31.3 Å². The topological polar surface area (TPSA) is 93.5 Å². The van der Waals surface area contributed by atoms with Gasteiger partial charge in [-0.3, -0.25) is 0 Å². The lowest BCUT2D eigenvalue weighted by Gasteiger charge is -2.70. The summed E-state index contributed by atoms with van der Waals surface area (Å²) in [5.41, 5.74) is 1.82. The molecule has 0 amide bonds. The van der Waals surface area contributed by atoms with Gasteiger partial charge < -0.3 is 19.5 Å². The Kier molecular flexibility index (Phi) is 6.04. The van der Waals surface area contributed by atoms with Crippen molar-refractivity contribution in [2.24, 2.45) is 5.41 Å². The minimum Gasteiger partial charge on any atom is -0.383 e. The van der Waals surface area contributed by atoms with Crippen LogP contribution in [0, 0.1) is 19.3 Å². The average Bonchev–Trinajstić information content (AvgIpc) is 2.82. The Morgan fingerprint density at radius 2 is 1.87 bits per heavy atom. The maximum atomic E-state index is 13.6. The van der Waals surface area contributed by atoms with Gasteiger partial charge in [-0.2, -0.15) is 13.2 Å². The van der Waals surface area contributed by atoms with Crippen LogP contribution in [0.1, 0.15) is 60.9 Å². The molecule has 3 atom stereocenters. The number of aryl methyl sites for hydroxylation is 2. The first-order valence-corrected chi connectivity index (χ1v) is 13.1. The van der Waals surface area contributed by atoms with Crippen molar-refractivity contribution in [2.45, 2.75) is 75.8 Å². The first-order chi connectivity index (χ1) is 18.0. The van der Waals surface area contributed by atoms with E-state index in [0.717, 1.165) is 17.0 Å². The molecular formula is C27H32F3N5O3. The highest BCUT2D eigenvalue weighted by molar-refractivity contribution is 5.75. The van der Waals surface area contributed by atoms with Crippen molar-refractivity contribution >= 4 is 11.2 Å². The van der Waals surface area contributed by atoms with E-state index in [1.807, 2.05) is 26.1 Å². The second-order valence-electron chi connectivity index (χ2n) is 11.3. The number of rotatable bonds is 6. The third kappa shape index (κ3) is 4.01. The zero-order valence-electron chi connectivity index (χ0n) is 21.8. The molecule has 7 rings (SSSR count). The normalized spacial score (nSPS) is 32.7. The highest BCUT2D eigenvalue weighted by Gasteiger charge is 2.79. The number of nitrogens with zero attached hydrogens (tertiary/aromatic N) is 5. The summed E-state index contributed by atoms with van der Waals surface area (Å²) in [4.78, 5) is 20.9. The largest absolute Gasteiger partial charge is 0.394 e. The molecule has 0 aromatic carbocycles. The average molecular weight is 532 g/mol. The van der Waals surface area contributed by atoms with Crippen molar-refractivity contribution in [3.05, 3.63) is 46.8 Å². The van der Waals surface area contributed by atoms with Crippen molar-refractivity contribution in [3.8, 4) is 0 Å². The number of aromatic nitrogens is 4. The summed E-state index contributed by atoms with van der Waals surface area (Å²) >= 11 is 0. The van der Waals surface area contributed by atoms with E-state index in [2.05, 4.69) is 4.98 Å². The maximum Gasteiger partial charge on any atom is 0.394 e. The molecule has 11 heteroatoms. The predicted octanol–water partition coefficient (Wildman–Crippen LogP) is 4.00. The molecule has 5 aliphatic rings. The number of fused-ring (bicyclic) bond motifs is 1. The molecule has 4 heterocycles. The molecule has 2 aromatic rings. The van der Waals surface area contributed by atoms with Gasteiger partial charge in [-0.1, -0.05) is 6.08 Å². The Morgan fingerprint density at radius 1 is 1.13 bits per heavy atom. The number of halogens is 3. The van der Waals surface area contributed by atoms with Crippen LogP contribution >= 0.6 is 0 Å². The van der Waals surface area contributed by atoms with Crippen LogP contribution in [0.5, 0.6) is 0 Å². The molecule has 38 heavy (non-hydrogen) atoms. The van der Waals surface area contributed by atoms with E-state index in [0.29, 0.717) is 55.3 Å². The Bertz CT molecular complexity index is 1310. The molecule has 2 aliphatic heterocycles. The summed E-state index contributed by atoms with van der Waals surface area (Å²) < 4.78 is 52.2. The van der Waals surface area contributed by atoms with Gasteiger partial charge in [-0.05, 0) is 57.6 Å². The Hall–Kier alpha value is -2.63. The molecule has 1 unspecified atom stereocenters. The molecule has 8 nitrogen and oxygen atoms in total.